The first-order valence-electron chi connectivity index (χ1n) is 6.84. The Morgan fingerprint density at radius 3 is 2.58 bits per heavy atom. The maximum Gasteiger partial charge on any atom is 0.140 e. The van der Waals surface area contributed by atoms with Crippen molar-refractivity contribution in [3.8, 4) is 0 Å². The molecule has 102 valence electrons. The topological polar surface area (TPSA) is 29.0 Å². The lowest BCUT2D eigenvalue weighted by Gasteiger charge is -2.31. The summed E-state index contributed by atoms with van der Waals surface area (Å²) in [5.74, 6) is 1.05. The van der Waals surface area contributed by atoms with Crippen molar-refractivity contribution in [3.05, 3.63) is 30.6 Å². The van der Waals surface area contributed by atoms with Gasteiger partial charge in [0.2, 0.25) is 0 Å². The van der Waals surface area contributed by atoms with Crippen LogP contribution >= 0.6 is 15.9 Å². The van der Waals surface area contributed by atoms with Gasteiger partial charge in [-0.2, -0.15) is 0 Å². The predicted octanol–water partition coefficient (Wildman–Crippen LogP) is 4.02. The Bertz CT molecular complexity index is 520. The standard InChI is InChI=1S/C15H20BrN3/c1-3-12(4-2)19(10-9-16)15-13-7-5-6-8-14(13)17-11-18-15/h5-8,11-12H,3-4,9-10H2,1-2H3. The number of hydrogen-bond acceptors (Lipinski definition) is 3. The van der Waals surface area contributed by atoms with E-state index in [0.29, 0.717) is 6.04 Å². The van der Waals surface area contributed by atoms with Crippen molar-refractivity contribution in [3.63, 3.8) is 0 Å². The van der Waals surface area contributed by atoms with Crippen molar-refractivity contribution in [2.75, 3.05) is 16.8 Å². The van der Waals surface area contributed by atoms with Crippen LogP contribution in [0.3, 0.4) is 0 Å². The average molecular weight is 322 g/mol. The quantitative estimate of drug-likeness (QED) is 0.752. The van der Waals surface area contributed by atoms with Gasteiger partial charge in [0, 0.05) is 23.3 Å². The molecule has 0 fully saturated rings. The zero-order valence-corrected chi connectivity index (χ0v) is 13.1. The summed E-state index contributed by atoms with van der Waals surface area (Å²) in [6, 6.07) is 8.74. The number of hydrogen-bond donors (Lipinski definition) is 0. The summed E-state index contributed by atoms with van der Waals surface area (Å²) in [6.07, 6.45) is 3.92. The maximum atomic E-state index is 4.54. The van der Waals surface area contributed by atoms with Crippen molar-refractivity contribution in [2.45, 2.75) is 32.7 Å². The van der Waals surface area contributed by atoms with E-state index in [1.165, 1.54) is 0 Å². The zero-order chi connectivity index (χ0) is 13.7. The Morgan fingerprint density at radius 1 is 1.16 bits per heavy atom. The van der Waals surface area contributed by atoms with Gasteiger partial charge in [-0.15, -0.1) is 0 Å². The third-order valence-corrected chi connectivity index (χ3v) is 3.86. The summed E-state index contributed by atoms with van der Waals surface area (Å²) in [5, 5.41) is 2.08. The third-order valence-electron chi connectivity index (χ3n) is 3.50. The lowest BCUT2D eigenvalue weighted by atomic mass is 10.1. The first kappa shape index (κ1) is 14.3. The average Bonchev–Trinajstić information content (AvgIpc) is 2.47. The smallest absolute Gasteiger partial charge is 0.140 e. The molecule has 2 rings (SSSR count). The molecule has 3 nitrogen and oxygen atoms in total. The van der Waals surface area contributed by atoms with Crippen LogP contribution in [0.5, 0.6) is 0 Å². The first-order valence-corrected chi connectivity index (χ1v) is 7.96. The van der Waals surface area contributed by atoms with E-state index in [9.17, 15) is 0 Å². The summed E-state index contributed by atoms with van der Waals surface area (Å²) in [4.78, 5) is 11.3. The fourth-order valence-electron chi connectivity index (χ4n) is 2.50. The summed E-state index contributed by atoms with van der Waals surface area (Å²) in [7, 11) is 0. The Hall–Kier alpha value is -1.16. The molecule has 0 aliphatic rings. The van der Waals surface area contributed by atoms with E-state index in [4.69, 9.17) is 0 Å². The molecule has 0 spiro atoms. The Balaban J connectivity index is 2.49. The zero-order valence-electron chi connectivity index (χ0n) is 11.5. The van der Waals surface area contributed by atoms with Crippen LogP contribution in [0.25, 0.3) is 10.9 Å². The maximum absolute atomic E-state index is 4.54. The van der Waals surface area contributed by atoms with Gasteiger partial charge in [-0.3, -0.25) is 0 Å². The Morgan fingerprint density at radius 2 is 1.89 bits per heavy atom. The molecule has 0 saturated heterocycles. The molecule has 1 aromatic heterocycles. The highest BCUT2D eigenvalue weighted by molar-refractivity contribution is 9.09. The lowest BCUT2D eigenvalue weighted by Crippen LogP contribution is -2.36. The number of fused-ring (bicyclic) bond motifs is 1. The van der Waals surface area contributed by atoms with E-state index in [-0.39, 0.29) is 0 Å². The summed E-state index contributed by atoms with van der Waals surface area (Å²) in [5.41, 5.74) is 1.01. The molecule has 19 heavy (non-hydrogen) atoms. The van der Waals surface area contributed by atoms with E-state index in [0.717, 1.165) is 41.4 Å². The van der Waals surface area contributed by atoms with E-state index >= 15 is 0 Å². The van der Waals surface area contributed by atoms with Gasteiger partial charge >= 0.3 is 0 Å². The number of aromatic nitrogens is 2. The monoisotopic (exact) mass is 321 g/mol. The minimum absolute atomic E-state index is 0.524. The van der Waals surface area contributed by atoms with Crippen molar-refractivity contribution < 1.29 is 0 Å². The minimum Gasteiger partial charge on any atom is -0.352 e. The van der Waals surface area contributed by atoms with Gasteiger partial charge in [-0.1, -0.05) is 41.9 Å². The molecule has 0 aliphatic heterocycles. The molecule has 0 bridgehead atoms. The molecular weight excluding hydrogens is 302 g/mol. The van der Waals surface area contributed by atoms with Gasteiger partial charge in [0.1, 0.15) is 12.1 Å². The number of alkyl halides is 1. The van der Waals surface area contributed by atoms with E-state index in [2.05, 4.69) is 56.8 Å². The molecule has 1 heterocycles. The predicted molar refractivity (Wildman–Crippen MR) is 85.0 cm³/mol. The van der Waals surface area contributed by atoms with Gasteiger partial charge in [0.15, 0.2) is 0 Å². The van der Waals surface area contributed by atoms with Crippen LogP contribution in [0.2, 0.25) is 0 Å². The lowest BCUT2D eigenvalue weighted by molar-refractivity contribution is 0.565. The summed E-state index contributed by atoms with van der Waals surface area (Å²) in [6.45, 7) is 5.44. The van der Waals surface area contributed by atoms with Crippen molar-refractivity contribution in [2.24, 2.45) is 0 Å². The van der Waals surface area contributed by atoms with Crippen LogP contribution in [0, 0.1) is 0 Å². The molecule has 1 aromatic carbocycles. The van der Waals surface area contributed by atoms with Crippen LogP contribution < -0.4 is 4.90 Å². The highest BCUT2D eigenvalue weighted by atomic mass is 79.9. The molecule has 0 unspecified atom stereocenters. The van der Waals surface area contributed by atoms with Crippen molar-refractivity contribution in [1.29, 1.82) is 0 Å². The number of rotatable bonds is 6. The summed E-state index contributed by atoms with van der Waals surface area (Å²) < 4.78 is 0. The fraction of sp³-hybridized carbons (Fsp3) is 0.467. The van der Waals surface area contributed by atoms with E-state index in [1.54, 1.807) is 6.33 Å². The Labute approximate surface area is 123 Å². The van der Waals surface area contributed by atoms with Gasteiger partial charge in [0.25, 0.3) is 0 Å². The molecule has 0 radical (unpaired) electrons. The number of halogens is 1. The molecular formula is C15H20BrN3. The normalized spacial score (nSPS) is 11.2. The Kier molecular flexibility index (Phi) is 5.14. The van der Waals surface area contributed by atoms with Gasteiger partial charge in [-0.25, -0.2) is 9.97 Å². The molecule has 0 N–H and O–H groups in total. The molecule has 2 aromatic rings. The van der Waals surface area contributed by atoms with Crippen LogP contribution in [0.1, 0.15) is 26.7 Å². The van der Waals surface area contributed by atoms with Crippen LogP contribution in [0.15, 0.2) is 30.6 Å². The van der Waals surface area contributed by atoms with Crippen molar-refractivity contribution in [1.82, 2.24) is 9.97 Å². The van der Waals surface area contributed by atoms with Crippen LogP contribution in [-0.2, 0) is 0 Å². The minimum atomic E-state index is 0.524. The highest BCUT2D eigenvalue weighted by Gasteiger charge is 2.18. The third kappa shape index (κ3) is 3.06. The molecule has 0 amide bonds. The second kappa shape index (κ2) is 6.85. The number of anilines is 1. The van der Waals surface area contributed by atoms with Gasteiger partial charge in [0.05, 0.1) is 5.52 Å². The second-order valence-corrected chi connectivity index (χ2v) is 5.36. The van der Waals surface area contributed by atoms with E-state index < -0.39 is 0 Å². The van der Waals surface area contributed by atoms with Crippen LogP contribution in [-0.4, -0.2) is 27.9 Å². The summed E-state index contributed by atoms with van der Waals surface area (Å²) >= 11 is 3.55. The number of nitrogens with zero attached hydrogens (tertiary/aromatic N) is 3. The molecule has 0 saturated carbocycles. The van der Waals surface area contributed by atoms with Crippen molar-refractivity contribution >= 4 is 32.7 Å². The molecule has 4 heteroatoms. The number of benzene rings is 1. The highest BCUT2D eigenvalue weighted by Crippen LogP contribution is 2.26. The SMILES string of the molecule is CCC(CC)N(CCBr)c1ncnc2ccccc12. The number of para-hydroxylation sites is 1. The van der Waals surface area contributed by atoms with Gasteiger partial charge < -0.3 is 4.90 Å². The van der Waals surface area contributed by atoms with Gasteiger partial charge in [-0.05, 0) is 25.0 Å². The second-order valence-electron chi connectivity index (χ2n) is 4.57. The molecule has 0 atom stereocenters. The van der Waals surface area contributed by atoms with Crippen LogP contribution in [0.4, 0.5) is 5.82 Å². The largest absolute Gasteiger partial charge is 0.352 e. The molecule has 0 aliphatic carbocycles. The first-order chi connectivity index (χ1) is 9.31. The van der Waals surface area contributed by atoms with E-state index in [1.807, 2.05) is 12.1 Å². The fourth-order valence-corrected chi connectivity index (χ4v) is 2.88.